The van der Waals surface area contributed by atoms with Crippen LogP contribution < -0.4 is 0 Å². The van der Waals surface area contributed by atoms with E-state index in [1.54, 1.807) is 4.68 Å². The molecule has 4 aromatic rings. The van der Waals surface area contributed by atoms with E-state index in [-0.39, 0.29) is 6.61 Å². The summed E-state index contributed by atoms with van der Waals surface area (Å²) in [7, 11) is 0. The van der Waals surface area contributed by atoms with Crippen LogP contribution in [0.25, 0.3) is 33.9 Å². The van der Waals surface area contributed by atoms with E-state index in [0.717, 1.165) is 21.1 Å². The molecule has 0 fully saturated rings. The molecule has 0 radical (unpaired) electrons. The minimum absolute atomic E-state index is 0.0143. The molecule has 24 heavy (non-hydrogen) atoms. The molecule has 0 aliphatic heterocycles. The molecule has 2 aromatic carbocycles. The molecule has 0 spiro atoms. The van der Waals surface area contributed by atoms with Gasteiger partial charge in [0.1, 0.15) is 5.52 Å². The van der Waals surface area contributed by atoms with Gasteiger partial charge in [-0.1, -0.05) is 22.5 Å². The first-order chi connectivity index (χ1) is 11.8. The van der Waals surface area contributed by atoms with Crippen molar-refractivity contribution in [3.63, 3.8) is 0 Å². The summed E-state index contributed by atoms with van der Waals surface area (Å²) in [6.07, 6.45) is 0. The van der Waals surface area contributed by atoms with Gasteiger partial charge in [-0.3, -0.25) is 0 Å². The average molecular weight is 386 g/mol. The van der Waals surface area contributed by atoms with Crippen LogP contribution in [-0.4, -0.2) is 36.8 Å². The van der Waals surface area contributed by atoms with Crippen LogP contribution >= 0.6 is 15.9 Å². The molecular weight excluding hydrogens is 374 g/mol. The molecule has 2 heterocycles. The molecule has 0 bridgehead atoms. The number of nitrogens with zero attached hydrogens (tertiary/aromatic N) is 5. The molecule has 0 aliphatic carbocycles. The Morgan fingerprint density at radius 3 is 2.88 bits per heavy atom. The van der Waals surface area contributed by atoms with Gasteiger partial charge in [0.05, 0.1) is 24.2 Å². The van der Waals surface area contributed by atoms with Crippen molar-refractivity contribution in [2.24, 2.45) is 0 Å². The molecular formula is C16H12BrN5O2. The Balaban J connectivity index is 1.72. The summed E-state index contributed by atoms with van der Waals surface area (Å²) in [4.78, 5) is 4.46. The summed E-state index contributed by atoms with van der Waals surface area (Å²) in [6.45, 7) is 0.421. The highest BCUT2D eigenvalue weighted by molar-refractivity contribution is 9.10. The Hall–Kier alpha value is -2.58. The number of hydrogen-bond acceptors (Lipinski definition) is 6. The molecule has 0 saturated carbocycles. The van der Waals surface area contributed by atoms with Gasteiger partial charge in [-0.05, 0) is 46.3 Å². The van der Waals surface area contributed by atoms with Crippen molar-refractivity contribution in [3.8, 4) is 22.8 Å². The van der Waals surface area contributed by atoms with Crippen molar-refractivity contribution in [3.05, 3.63) is 46.9 Å². The molecule has 7 nitrogen and oxygen atoms in total. The number of fused-ring (bicyclic) bond motifs is 1. The number of aromatic nitrogens is 5. The van der Waals surface area contributed by atoms with Crippen LogP contribution in [0.15, 0.2) is 51.5 Å². The van der Waals surface area contributed by atoms with Gasteiger partial charge in [-0.15, -0.1) is 5.10 Å². The van der Waals surface area contributed by atoms with E-state index in [0.29, 0.717) is 23.8 Å². The van der Waals surface area contributed by atoms with Crippen molar-refractivity contribution in [1.29, 1.82) is 0 Å². The van der Waals surface area contributed by atoms with Crippen molar-refractivity contribution in [2.45, 2.75) is 6.54 Å². The van der Waals surface area contributed by atoms with Crippen LogP contribution in [0.3, 0.4) is 0 Å². The third kappa shape index (κ3) is 2.59. The number of aliphatic hydroxyl groups excluding tert-OH is 1. The van der Waals surface area contributed by atoms with Crippen molar-refractivity contribution in [2.75, 3.05) is 6.61 Å². The summed E-state index contributed by atoms with van der Waals surface area (Å²) in [5, 5.41) is 21.2. The van der Waals surface area contributed by atoms with Gasteiger partial charge < -0.3 is 9.63 Å². The molecule has 120 valence electrons. The highest BCUT2D eigenvalue weighted by Crippen LogP contribution is 2.29. The van der Waals surface area contributed by atoms with Crippen molar-refractivity contribution in [1.82, 2.24) is 25.1 Å². The lowest BCUT2D eigenvalue weighted by atomic mass is 10.2. The van der Waals surface area contributed by atoms with Gasteiger partial charge in [0, 0.05) is 10.0 Å². The second-order valence-corrected chi connectivity index (χ2v) is 6.00. The Bertz CT molecular complexity index is 1010. The van der Waals surface area contributed by atoms with Crippen LogP contribution in [0.2, 0.25) is 0 Å². The van der Waals surface area contributed by atoms with E-state index < -0.39 is 0 Å². The molecule has 0 amide bonds. The first-order valence-electron chi connectivity index (χ1n) is 7.29. The highest BCUT2D eigenvalue weighted by Gasteiger charge is 2.14. The van der Waals surface area contributed by atoms with Crippen LogP contribution in [-0.2, 0) is 6.54 Å². The van der Waals surface area contributed by atoms with Gasteiger partial charge in [0.25, 0.3) is 5.89 Å². The zero-order valence-electron chi connectivity index (χ0n) is 12.4. The highest BCUT2D eigenvalue weighted by atomic mass is 79.9. The van der Waals surface area contributed by atoms with Crippen LogP contribution in [0.5, 0.6) is 0 Å². The molecule has 2 aromatic heterocycles. The lowest BCUT2D eigenvalue weighted by Crippen LogP contribution is -2.03. The number of halogens is 1. The van der Waals surface area contributed by atoms with E-state index in [1.807, 2.05) is 42.5 Å². The van der Waals surface area contributed by atoms with E-state index in [1.165, 1.54) is 0 Å². The molecule has 0 aliphatic rings. The Kier molecular flexibility index (Phi) is 3.83. The number of rotatable bonds is 4. The fraction of sp³-hybridized carbons (Fsp3) is 0.125. The predicted molar refractivity (Wildman–Crippen MR) is 91.0 cm³/mol. The Morgan fingerprint density at radius 1 is 1.17 bits per heavy atom. The van der Waals surface area contributed by atoms with Crippen LogP contribution in [0, 0.1) is 0 Å². The third-order valence-corrected chi connectivity index (χ3v) is 4.31. The minimum Gasteiger partial charge on any atom is -0.394 e. The number of benzene rings is 2. The Labute approximate surface area is 145 Å². The van der Waals surface area contributed by atoms with Crippen molar-refractivity contribution < 1.29 is 9.63 Å². The van der Waals surface area contributed by atoms with E-state index in [4.69, 9.17) is 9.63 Å². The second-order valence-electron chi connectivity index (χ2n) is 5.14. The van der Waals surface area contributed by atoms with Crippen molar-refractivity contribution >= 4 is 27.0 Å². The summed E-state index contributed by atoms with van der Waals surface area (Å²) in [6, 6.07) is 13.3. The first kappa shape index (κ1) is 15.0. The van der Waals surface area contributed by atoms with Crippen LogP contribution in [0.4, 0.5) is 0 Å². The topological polar surface area (TPSA) is 89.9 Å². The van der Waals surface area contributed by atoms with Gasteiger partial charge in [0.15, 0.2) is 0 Å². The zero-order chi connectivity index (χ0) is 16.5. The monoisotopic (exact) mass is 385 g/mol. The second kappa shape index (κ2) is 6.14. The zero-order valence-corrected chi connectivity index (χ0v) is 14.0. The fourth-order valence-corrected chi connectivity index (χ4v) is 2.91. The van der Waals surface area contributed by atoms with E-state index in [9.17, 15) is 0 Å². The SMILES string of the molecule is OCCn1nnc2cc(-c3noc(-c4ccccc4Br)n3)ccc21. The smallest absolute Gasteiger partial charge is 0.259 e. The number of aliphatic hydroxyl groups is 1. The summed E-state index contributed by atoms with van der Waals surface area (Å²) in [5.74, 6) is 0.931. The Morgan fingerprint density at radius 2 is 2.04 bits per heavy atom. The summed E-state index contributed by atoms with van der Waals surface area (Å²) in [5.41, 5.74) is 3.20. The molecule has 4 rings (SSSR count). The van der Waals surface area contributed by atoms with Gasteiger partial charge in [0.2, 0.25) is 5.82 Å². The number of hydrogen-bond donors (Lipinski definition) is 1. The molecule has 0 saturated heterocycles. The standard InChI is InChI=1S/C16H12BrN5O2/c17-12-4-2-1-3-11(12)16-18-15(20-24-16)10-5-6-14-13(9-10)19-21-22(14)7-8-23/h1-6,9,23H,7-8H2. The molecule has 0 atom stereocenters. The maximum absolute atomic E-state index is 9.04. The molecule has 0 unspecified atom stereocenters. The van der Waals surface area contributed by atoms with Gasteiger partial charge >= 0.3 is 0 Å². The lowest BCUT2D eigenvalue weighted by Gasteiger charge is -1.99. The minimum atomic E-state index is 0.0143. The summed E-state index contributed by atoms with van der Waals surface area (Å²) >= 11 is 3.48. The largest absolute Gasteiger partial charge is 0.394 e. The first-order valence-corrected chi connectivity index (χ1v) is 8.08. The quantitative estimate of drug-likeness (QED) is 0.580. The fourth-order valence-electron chi connectivity index (χ4n) is 2.46. The predicted octanol–water partition coefficient (Wildman–Crippen LogP) is 2.90. The van der Waals surface area contributed by atoms with E-state index >= 15 is 0 Å². The van der Waals surface area contributed by atoms with Crippen LogP contribution in [0.1, 0.15) is 0 Å². The van der Waals surface area contributed by atoms with E-state index in [2.05, 4.69) is 36.4 Å². The summed E-state index contributed by atoms with van der Waals surface area (Å²) < 4.78 is 7.92. The molecule has 1 N–H and O–H groups in total. The maximum atomic E-state index is 9.04. The van der Waals surface area contributed by atoms with Gasteiger partial charge in [-0.25, -0.2) is 4.68 Å². The lowest BCUT2D eigenvalue weighted by molar-refractivity contribution is 0.270. The maximum Gasteiger partial charge on any atom is 0.259 e. The van der Waals surface area contributed by atoms with Gasteiger partial charge in [-0.2, -0.15) is 4.98 Å². The third-order valence-electron chi connectivity index (χ3n) is 3.61. The molecule has 8 heteroatoms. The average Bonchev–Trinajstić information content (AvgIpc) is 3.23. The normalized spacial score (nSPS) is 11.2.